The van der Waals surface area contributed by atoms with Crippen molar-refractivity contribution in [3.8, 4) is 11.3 Å². The average molecular weight is 485 g/mol. The number of ether oxygens (including phenoxy) is 1. The molecule has 0 amide bonds. The second-order valence-corrected chi connectivity index (χ2v) is 9.96. The number of fused-ring (bicyclic) bond motifs is 3. The third kappa shape index (κ3) is 3.52. The molecule has 0 bridgehead atoms. The quantitative estimate of drug-likeness (QED) is 0.404. The molecular weight excluding hydrogens is 463 g/mol. The number of anilines is 1. The highest BCUT2D eigenvalue weighted by atomic mass is 32.2. The molecule has 176 valence electrons. The van der Waals surface area contributed by atoms with Crippen LogP contribution in [0.15, 0.2) is 47.0 Å². The molecule has 1 atom stereocenters. The van der Waals surface area contributed by atoms with E-state index in [1.54, 1.807) is 23.7 Å². The number of hydrogen-bond acceptors (Lipinski definition) is 7. The fraction of sp³-hybridized carbons (Fsp3) is 0.261. The molecule has 1 aliphatic rings. The number of aromatic nitrogens is 3. The van der Waals surface area contributed by atoms with Gasteiger partial charge in [-0.15, -0.1) is 5.10 Å². The monoisotopic (exact) mass is 484 g/mol. The van der Waals surface area contributed by atoms with Crippen LogP contribution >= 0.6 is 0 Å². The van der Waals surface area contributed by atoms with Gasteiger partial charge in [-0.25, -0.2) is 22.3 Å². The number of furan rings is 1. The SMILES string of the molecule is CCOC(=O)c1c(-c2ccc(F)cc2)oc2cc3c(cc12)C(C)n1nncc1CN3S(C)(=O)=O. The number of benzene rings is 2. The lowest BCUT2D eigenvalue weighted by Crippen LogP contribution is -2.29. The molecule has 0 saturated carbocycles. The highest BCUT2D eigenvalue weighted by Gasteiger charge is 2.33. The fourth-order valence-electron chi connectivity index (χ4n) is 4.27. The smallest absolute Gasteiger partial charge is 0.342 e. The molecule has 0 fully saturated rings. The summed E-state index contributed by atoms with van der Waals surface area (Å²) in [7, 11) is -3.67. The number of sulfonamides is 1. The summed E-state index contributed by atoms with van der Waals surface area (Å²) >= 11 is 0. The second-order valence-electron chi connectivity index (χ2n) is 8.06. The zero-order valence-electron chi connectivity index (χ0n) is 18.6. The molecule has 2 aromatic carbocycles. The number of rotatable bonds is 4. The first-order valence-corrected chi connectivity index (χ1v) is 12.4. The van der Waals surface area contributed by atoms with E-state index in [9.17, 15) is 17.6 Å². The third-order valence-corrected chi connectivity index (χ3v) is 6.99. The van der Waals surface area contributed by atoms with Crippen molar-refractivity contribution in [2.24, 2.45) is 0 Å². The van der Waals surface area contributed by atoms with Crippen LogP contribution in [-0.4, -0.2) is 42.2 Å². The molecule has 0 N–H and O–H groups in total. The largest absolute Gasteiger partial charge is 0.462 e. The minimum absolute atomic E-state index is 0.0466. The lowest BCUT2D eigenvalue weighted by Gasteiger charge is -2.22. The Morgan fingerprint density at radius 2 is 2.00 bits per heavy atom. The van der Waals surface area contributed by atoms with Crippen molar-refractivity contribution >= 4 is 32.6 Å². The summed E-state index contributed by atoms with van der Waals surface area (Å²) in [5.41, 5.74) is 2.65. The van der Waals surface area contributed by atoms with Crippen molar-refractivity contribution in [2.45, 2.75) is 26.4 Å². The first-order chi connectivity index (χ1) is 16.2. The molecule has 2 aromatic heterocycles. The third-order valence-electron chi connectivity index (χ3n) is 5.86. The molecule has 0 spiro atoms. The summed E-state index contributed by atoms with van der Waals surface area (Å²) < 4.78 is 53.3. The Morgan fingerprint density at radius 1 is 1.26 bits per heavy atom. The maximum atomic E-state index is 13.5. The predicted octanol–water partition coefficient (Wildman–Crippen LogP) is 3.90. The van der Waals surface area contributed by atoms with Gasteiger partial charge in [0.1, 0.15) is 22.7 Å². The fourth-order valence-corrected chi connectivity index (χ4v) is 5.16. The molecule has 0 aliphatic carbocycles. The van der Waals surface area contributed by atoms with Crippen LogP contribution in [0.3, 0.4) is 0 Å². The Kier molecular flexibility index (Phi) is 5.16. The molecule has 5 rings (SSSR count). The van der Waals surface area contributed by atoms with Gasteiger partial charge in [-0.3, -0.25) is 4.31 Å². The Morgan fingerprint density at radius 3 is 2.68 bits per heavy atom. The summed E-state index contributed by atoms with van der Waals surface area (Å²) in [6.45, 7) is 3.77. The Balaban J connectivity index is 1.82. The van der Waals surface area contributed by atoms with Crippen molar-refractivity contribution < 1.29 is 26.8 Å². The van der Waals surface area contributed by atoms with E-state index in [-0.39, 0.29) is 30.5 Å². The van der Waals surface area contributed by atoms with E-state index in [4.69, 9.17) is 9.15 Å². The minimum atomic E-state index is -3.67. The van der Waals surface area contributed by atoms with E-state index >= 15 is 0 Å². The standard InChI is InChI=1S/C23H21FN4O5S/c1-4-32-23(29)21-18-9-17-13(2)28-16(11-25-26-28)12-27(34(3,30)31)19(17)10-20(18)33-22(21)14-5-7-15(24)8-6-14/h5-11,13H,4,12H2,1-3H3. The lowest BCUT2D eigenvalue weighted by molar-refractivity contribution is 0.0528. The Bertz CT molecular complexity index is 1520. The van der Waals surface area contributed by atoms with Crippen LogP contribution in [0.5, 0.6) is 0 Å². The Hall–Kier alpha value is -3.73. The molecule has 34 heavy (non-hydrogen) atoms. The molecule has 11 heteroatoms. The van der Waals surface area contributed by atoms with Crippen molar-refractivity contribution in [3.63, 3.8) is 0 Å². The highest BCUT2D eigenvalue weighted by molar-refractivity contribution is 7.92. The Labute approximate surface area is 194 Å². The first-order valence-electron chi connectivity index (χ1n) is 10.6. The van der Waals surface area contributed by atoms with Crippen molar-refractivity contribution in [2.75, 3.05) is 17.2 Å². The van der Waals surface area contributed by atoms with Crippen LogP contribution < -0.4 is 4.31 Å². The van der Waals surface area contributed by atoms with E-state index in [1.165, 1.54) is 34.8 Å². The summed E-state index contributed by atoms with van der Waals surface area (Å²) in [4.78, 5) is 13.0. The maximum Gasteiger partial charge on any atom is 0.342 e. The van der Waals surface area contributed by atoms with Crippen LogP contribution in [0.25, 0.3) is 22.3 Å². The van der Waals surface area contributed by atoms with Gasteiger partial charge in [0.25, 0.3) is 0 Å². The molecular formula is C23H21FN4O5S. The molecule has 4 aromatic rings. The topological polar surface area (TPSA) is 108 Å². The van der Waals surface area contributed by atoms with Crippen molar-refractivity contribution in [1.82, 2.24) is 15.0 Å². The second kappa shape index (κ2) is 7.94. The number of hydrogen-bond donors (Lipinski definition) is 0. The van der Waals surface area contributed by atoms with Gasteiger partial charge in [0.15, 0.2) is 0 Å². The average Bonchev–Trinajstić information content (AvgIpc) is 3.37. The van der Waals surface area contributed by atoms with Gasteiger partial charge in [-0.05, 0) is 44.2 Å². The molecule has 3 heterocycles. The van der Waals surface area contributed by atoms with Crippen LogP contribution in [0.1, 0.15) is 41.5 Å². The molecule has 1 unspecified atom stereocenters. The van der Waals surface area contributed by atoms with Gasteiger partial charge in [-0.2, -0.15) is 0 Å². The minimum Gasteiger partial charge on any atom is -0.462 e. The van der Waals surface area contributed by atoms with Gasteiger partial charge in [-0.1, -0.05) is 5.21 Å². The van der Waals surface area contributed by atoms with Gasteiger partial charge in [0.2, 0.25) is 10.0 Å². The van der Waals surface area contributed by atoms with Gasteiger partial charge in [0.05, 0.1) is 43.0 Å². The van der Waals surface area contributed by atoms with E-state index in [0.717, 1.165) is 6.26 Å². The van der Waals surface area contributed by atoms with Crippen LogP contribution in [-0.2, 0) is 21.3 Å². The highest BCUT2D eigenvalue weighted by Crippen LogP contribution is 2.42. The molecule has 0 saturated heterocycles. The number of carbonyl (C=O) groups is 1. The zero-order chi connectivity index (χ0) is 24.2. The number of halogens is 1. The van der Waals surface area contributed by atoms with Gasteiger partial charge >= 0.3 is 5.97 Å². The van der Waals surface area contributed by atoms with Crippen LogP contribution in [0.2, 0.25) is 0 Å². The molecule has 0 radical (unpaired) electrons. The van der Waals surface area contributed by atoms with Crippen LogP contribution in [0.4, 0.5) is 10.1 Å². The zero-order valence-corrected chi connectivity index (χ0v) is 19.5. The summed E-state index contributed by atoms with van der Waals surface area (Å²) in [5, 5.41) is 8.53. The van der Waals surface area contributed by atoms with E-state index in [0.29, 0.717) is 33.5 Å². The first kappa shape index (κ1) is 22.1. The normalized spacial score (nSPS) is 15.6. The van der Waals surface area contributed by atoms with Crippen molar-refractivity contribution in [3.05, 3.63) is 65.2 Å². The van der Waals surface area contributed by atoms with E-state index < -0.39 is 21.8 Å². The van der Waals surface area contributed by atoms with E-state index in [1.807, 2.05) is 6.92 Å². The van der Waals surface area contributed by atoms with E-state index in [2.05, 4.69) is 10.3 Å². The summed E-state index contributed by atoms with van der Waals surface area (Å²) in [5.74, 6) is -0.803. The summed E-state index contributed by atoms with van der Waals surface area (Å²) in [6.07, 6.45) is 2.66. The van der Waals surface area contributed by atoms with Crippen molar-refractivity contribution in [1.29, 1.82) is 0 Å². The lowest BCUT2D eigenvalue weighted by atomic mass is 10.00. The molecule has 9 nitrogen and oxygen atoms in total. The number of nitrogens with zero attached hydrogens (tertiary/aromatic N) is 4. The number of carbonyl (C=O) groups excluding carboxylic acids is 1. The molecule has 1 aliphatic heterocycles. The maximum absolute atomic E-state index is 13.5. The van der Waals surface area contributed by atoms with Crippen LogP contribution in [0, 0.1) is 5.82 Å². The van der Waals surface area contributed by atoms with Gasteiger partial charge < -0.3 is 9.15 Å². The van der Waals surface area contributed by atoms with Gasteiger partial charge in [0, 0.05) is 22.6 Å². The predicted molar refractivity (Wildman–Crippen MR) is 122 cm³/mol. The summed E-state index contributed by atoms with van der Waals surface area (Å²) in [6, 6.07) is 8.52. The number of esters is 1.